The summed E-state index contributed by atoms with van der Waals surface area (Å²) in [6.07, 6.45) is 0. The minimum atomic E-state index is -1.10. The normalized spacial score (nSPS) is 11.1. The van der Waals surface area contributed by atoms with Gasteiger partial charge in [-0.2, -0.15) is 0 Å². The molecule has 0 fully saturated rings. The van der Waals surface area contributed by atoms with Crippen LogP contribution in [0.4, 0.5) is 0 Å². The molecule has 1 unspecified atom stereocenters. The second-order valence-corrected chi connectivity index (χ2v) is 4.49. The minimum Gasteiger partial charge on any atom is -0.480 e. The highest BCUT2D eigenvalue weighted by Gasteiger charge is 2.17. The van der Waals surface area contributed by atoms with Crippen molar-refractivity contribution in [2.75, 3.05) is 0 Å². The molecule has 0 spiro atoms. The van der Waals surface area contributed by atoms with Crippen LogP contribution in [0, 0.1) is 0 Å². The van der Waals surface area contributed by atoms with E-state index >= 15 is 0 Å². The molecule has 1 atom stereocenters. The molecular formula is C13H14N2O5S. The van der Waals surface area contributed by atoms with Crippen molar-refractivity contribution in [3.63, 3.8) is 0 Å². The summed E-state index contributed by atoms with van der Waals surface area (Å²) in [6.45, 7) is 2.60. The number of para-hydroxylation sites is 1. The fraction of sp³-hybridized carbons (Fsp3) is 0.231. The van der Waals surface area contributed by atoms with Gasteiger partial charge in [-0.3, -0.25) is 19.7 Å². The van der Waals surface area contributed by atoms with Gasteiger partial charge in [-0.05, 0) is 31.3 Å². The molecule has 0 aliphatic heterocycles. The molecule has 0 saturated heterocycles. The van der Waals surface area contributed by atoms with Crippen LogP contribution in [0.3, 0.4) is 0 Å². The molecule has 112 valence electrons. The molecule has 3 N–H and O–H groups in total. The number of nitrogens with one attached hydrogen (secondary N) is 2. The highest BCUT2D eigenvalue weighted by atomic mass is 32.1. The Bertz CT molecular complexity index is 588. The van der Waals surface area contributed by atoms with Crippen molar-refractivity contribution in [1.29, 1.82) is 0 Å². The number of hydrogen-bond acceptors (Lipinski definition) is 5. The van der Waals surface area contributed by atoms with Gasteiger partial charge in [-0.15, -0.1) is 0 Å². The Morgan fingerprint density at radius 2 is 1.90 bits per heavy atom. The lowest BCUT2D eigenvalue weighted by molar-refractivity contribution is -0.138. The predicted octanol–water partition coefficient (Wildman–Crippen LogP) is 0.689. The third-order valence-electron chi connectivity index (χ3n) is 2.33. The molecule has 0 aliphatic rings. The van der Waals surface area contributed by atoms with Crippen molar-refractivity contribution in [3.05, 3.63) is 29.8 Å². The fourth-order valence-electron chi connectivity index (χ4n) is 1.36. The Hall–Kier alpha value is -2.48. The number of amides is 1. The second kappa shape index (κ2) is 7.34. The number of ether oxygens (including phenoxy) is 1. The summed E-state index contributed by atoms with van der Waals surface area (Å²) in [7, 11) is 0. The Morgan fingerprint density at radius 3 is 2.48 bits per heavy atom. The van der Waals surface area contributed by atoms with E-state index in [1.807, 2.05) is 0 Å². The van der Waals surface area contributed by atoms with Crippen LogP contribution in [-0.2, 0) is 9.59 Å². The van der Waals surface area contributed by atoms with Crippen molar-refractivity contribution in [2.45, 2.75) is 19.9 Å². The van der Waals surface area contributed by atoms with Gasteiger partial charge in [0.05, 0.1) is 5.56 Å². The smallest absolute Gasteiger partial charge is 0.325 e. The average Bonchev–Trinajstić information content (AvgIpc) is 2.38. The van der Waals surface area contributed by atoms with Crippen molar-refractivity contribution < 1.29 is 24.2 Å². The van der Waals surface area contributed by atoms with Crippen LogP contribution in [0.2, 0.25) is 0 Å². The maximum absolute atomic E-state index is 12.0. The molecule has 0 bridgehead atoms. The molecular weight excluding hydrogens is 296 g/mol. The Morgan fingerprint density at radius 1 is 1.29 bits per heavy atom. The number of benzene rings is 1. The summed E-state index contributed by atoms with van der Waals surface area (Å²) in [5.41, 5.74) is 0.111. The highest BCUT2D eigenvalue weighted by molar-refractivity contribution is 7.80. The predicted molar refractivity (Wildman–Crippen MR) is 78.0 cm³/mol. The summed E-state index contributed by atoms with van der Waals surface area (Å²) in [4.78, 5) is 33.7. The molecule has 0 heterocycles. The van der Waals surface area contributed by atoms with Crippen molar-refractivity contribution in [2.24, 2.45) is 0 Å². The van der Waals surface area contributed by atoms with Gasteiger partial charge in [0.1, 0.15) is 11.8 Å². The molecule has 21 heavy (non-hydrogen) atoms. The van der Waals surface area contributed by atoms with Crippen LogP contribution in [0.25, 0.3) is 0 Å². The third-order valence-corrected chi connectivity index (χ3v) is 2.55. The van der Waals surface area contributed by atoms with Crippen molar-refractivity contribution >= 4 is 35.2 Å². The van der Waals surface area contributed by atoms with E-state index in [2.05, 4.69) is 10.6 Å². The lowest BCUT2D eigenvalue weighted by atomic mass is 10.2. The van der Waals surface area contributed by atoms with E-state index < -0.39 is 23.9 Å². The number of hydrogen-bond donors (Lipinski definition) is 3. The number of rotatable bonds is 4. The molecule has 1 rings (SSSR count). The second-order valence-electron chi connectivity index (χ2n) is 4.08. The van der Waals surface area contributed by atoms with Gasteiger partial charge in [-0.1, -0.05) is 12.1 Å². The minimum absolute atomic E-state index is 0.0941. The Balaban J connectivity index is 2.78. The van der Waals surface area contributed by atoms with E-state index in [1.54, 1.807) is 12.1 Å². The molecule has 0 saturated carbocycles. The first-order valence-corrected chi connectivity index (χ1v) is 6.34. The van der Waals surface area contributed by atoms with Crippen LogP contribution in [-0.4, -0.2) is 34.1 Å². The zero-order valence-corrected chi connectivity index (χ0v) is 12.2. The zero-order valence-electron chi connectivity index (χ0n) is 11.4. The first-order chi connectivity index (χ1) is 9.81. The number of carboxylic acids is 1. The first-order valence-electron chi connectivity index (χ1n) is 5.93. The summed E-state index contributed by atoms with van der Waals surface area (Å²) >= 11 is 4.84. The Labute approximate surface area is 126 Å². The summed E-state index contributed by atoms with van der Waals surface area (Å²) in [5.74, 6) is -2.18. The highest BCUT2D eigenvalue weighted by Crippen LogP contribution is 2.17. The summed E-state index contributed by atoms with van der Waals surface area (Å²) in [5, 5.41) is 13.4. The quantitative estimate of drug-likeness (QED) is 0.427. The van der Waals surface area contributed by atoms with E-state index in [-0.39, 0.29) is 16.4 Å². The molecule has 1 aromatic rings. The number of carbonyl (C=O) groups excluding carboxylic acids is 2. The molecule has 7 nitrogen and oxygen atoms in total. The molecule has 0 radical (unpaired) electrons. The third kappa shape index (κ3) is 5.19. The fourth-order valence-corrected chi connectivity index (χ4v) is 1.63. The van der Waals surface area contributed by atoms with Crippen LogP contribution in [0.15, 0.2) is 24.3 Å². The lowest BCUT2D eigenvalue weighted by Crippen LogP contribution is -2.46. The largest absolute Gasteiger partial charge is 0.480 e. The number of thiocarbonyl (C=S) groups is 1. The van der Waals surface area contributed by atoms with Crippen molar-refractivity contribution in [3.8, 4) is 5.75 Å². The van der Waals surface area contributed by atoms with Gasteiger partial charge in [0.15, 0.2) is 5.11 Å². The lowest BCUT2D eigenvalue weighted by Gasteiger charge is -2.13. The summed E-state index contributed by atoms with van der Waals surface area (Å²) < 4.78 is 4.91. The van der Waals surface area contributed by atoms with Crippen LogP contribution in [0.1, 0.15) is 24.2 Å². The van der Waals surface area contributed by atoms with Gasteiger partial charge >= 0.3 is 11.9 Å². The van der Waals surface area contributed by atoms with E-state index in [0.29, 0.717) is 0 Å². The molecule has 0 aliphatic carbocycles. The maximum Gasteiger partial charge on any atom is 0.325 e. The standard InChI is InChI=1S/C13H14N2O5S/c1-7(12(18)19)14-13(21)15-11(17)9-5-3-4-6-10(9)20-8(2)16/h3-7H,1-2H3,(H,18,19)(H2,14,15,17,21). The molecule has 1 aromatic carbocycles. The van der Waals surface area contributed by atoms with E-state index in [4.69, 9.17) is 22.1 Å². The van der Waals surface area contributed by atoms with Gasteiger partial charge < -0.3 is 15.2 Å². The zero-order chi connectivity index (χ0) is 16.0. The van der Waals surface area contributed by atoms with Crippen LogP contribution >= 0.6 is 12.2 Å². The number of esters is 1. The average molecular weight is 310 g/mol. The number of aliphatic carboxylic acids is 1. The monoisotopic (exact) mass is 310 g/mol. The Kier molecular flexibility index (Phi) is 5.79. The topological polar surface area (TPSA) is 105 Å². The number of carboxylic acid groups (broad SMARTS) is 1. The SMILES string of the molecule is CC(=O)Oc1ccccc1C(=O)NC(=S)NC(C)C(=O)O. The van der Waals surface area contributed by atoms with E-state index in [0.717, 1.165) is 0 Å². The van der Waals surface area contributed by atoms with E-state index in [9.17, 15) is 14.4 Å². The van der Waals surface area contributed by atoms with Crippen molar-refractivity contribution in [1.82, 2.24) is 10.6 Å². The molecule has 8 heteroatoms. The van der Waals surface area contributed by atoms with Gasteiger partial charge in [0.2, 0.25) is 0 Å². The van der Waals surface area contributed by atoms with Crippen LogP contribution < -0.4 is 15.4 Å². The number of carbonyl (C=O) groups is 3. The van der Waals surface area contributed by atoms with Gasteiger partial charge in [-0.25, -0.2) is 0 Å². The van der Waals surface area contributed by atoms with Gasteiger partial charge in [0.25, 0.3) is 5.91 Å². The van der Waals surface area contributed by atoms with E-state index in [1.165, 1.54) is 26.0 Å². The summed E-state index contributed by atoms with van der Waals surface area (Å²) in [6, 6.07) is 5.18. The van der Waals surface area contributed by atoms with Gasteiger partial charge in [0, 0.05) is 6.92 Å². The van der Waals surface area contributed by atoms with Crippen LogP contribution in [0.5, 0.6) is 5.75 Å². The first kappa shape index (κ1) is 16.6. The maximum atomic E-state index is 12.0. The molecule has 1 amide bonds. The molecule has 0 aromatic heterocycles.